The Bertz CT molecular complexity index is 1160. The van der Waals surface area contributed by atoms with Gasteiger partial charge in [-0.1, -0.05) is 35.9 Å². The number of amides is 2. The Morgan fingerprint density at radius 1 is 1.16 bits per heavy atom. The number of carbonyl (C=O) groups is 2. The van der Waals surface area contributed by atoms with Crippen LogP contribution in [0.25, 0.3) is 16.9 Å². The molecule has 3 aromatic rings. The second-order valence-electron chi connectivity index (χ2n) is 7.05. The third-order valence-electron chi connectivity index (χ3n) is 4.88. The Labute approximate surface area is 180 Å². The van der Waals surface area contributed by atoms with E-state index in [0.717, 1.165) is 12.1 Å². The minimum atomic E-state index is -4.51. The summed E-state index contributed by atoms with van der Waals surface area (Å²) in [6.07, 6.45) is -4.44. The van der Waals surface area contributed by atoms with E-state index in [2.05, 4.69) is 15.7 Å². The van der Waals surface area contributed by atoms with Crippen LogP contribution in [-0.4, -0.2) is 28.1 Å². The van der Waals surface area contributed by atoms with Crippen LogP contribution >= 0.6 is 11.6 Å². The number of halogens is 4. The first-order chi connectivity index (χ1) is 14.7. The van der Waals surface area contributed by atoms with Crippen LogP contribution in [0.5, 0.6) is 0 Å². The van der Waals surface area contributed by atoms with Gasteiger partial charge in [-0.15, -0.1) is 5.10 Å². The molecule has 0 unspecified atom stereocenters. The fourth-order valence-corrected chi connectivity index (χ4v) is 3.54. The Morgan fingerprint density at radius 3 is 2.61 bits per heavy atom. The summed E-state index contributed by atoms with van der Waals surface area (Å²) < 4.78 is 41.0. The third kappa shape index (κ3) is 4.41. The zero-order chi connectivity index (χ0) is 22.2. The van der Waals surface area contributed by atoms with Crippen molar-refractivity contribution >= 4 is 29.2 Å². The first kappa shape index (κ1) is 20.9. The molecule has 0 spiro atoms. The average Bonchev–Trinajstić information content (AvgIpc) is 3.34. The van der Waals surface area contributed by atoms with Crippen molar-refractivity contribution in [2.75, 3.05) is 11.9 Å². The highest BCUT2D eigenvalue weighted by Gasteiger charge is 2.31. The van der Waals surface area contributed by atoms with E-state index in [1.165, 1.54) is 22.9 Å². The number of para-hydroxylation sites is 1. The molecule has 0 radical (unpaired) electrons. The van der Waals surface area contributed by atoms with Crippen LogP contribution in [0.1, 0.15) is 12.0 Å². The highest BCUT2D eigenvalue weighted by molar-refractivity contribution is 6.32. The van der Waals surface area contributed by atoms with Gasteiger partial charge < -0.3 is 10.6 Å². The lowest BCUT2D eigenvalue weighted by Gasteiger charge is -2.11. The Balaban J connectivity index is 1.76. The van der Waals surface area contributed by atoms with E-state index < -0.39 is 23.6 Å². The van der Waals surface area contributed by atoms with Crippen LogP contribution in [0, 0.1) is 5.92 Å². The summed E-state index contributed by atoms with van der Waals surface area (Å²) in [6, 6.07) is 13.0. The first-order valence-electron chi connectivity index (χ1n) is 9.32. The zero-order valence-electron chi connectivity index (χ0n) is 15.9. The summed E-state index contributed by atoms with van der Waals surface area (Å²) in [6.45, 7) is 0.219. The molecule has 4 rings (SSSR count). The van der Waals surface area contributed by atoms with Crippen LogP contribution in [0.15, 0.2) is 54.6 Å². The van der Waals surface area contributed by atoms with Gasteiger partial charge in [-0.3, -0.25) is 9.59 Å². The van der Waals surface area contributed by atoms with Gasteiger partial charge in [0.15, 0.2) is 5.82 Å². The maximum atomic E-state index is 13.2. The molecule has 1 fully saturated rings. The van der Waals surface area contributed by atoms with E-state index in [0.29, 0.717) is 16.4 Å². The summed E-state index contributed by atoms with van der Waals surface area (Å²) in [7, 11) is 0. The Morgan fingerprint density at radius 2 is 1.94 bits per heavy atom. The van der Waals surface area contributed by atoms with Gasteiger partial charge in [-0.05, 0) is 24.3 Å². The summed E-state index contributed by atoms with van der Waals surface area (Å²) in [4.78, 5) is 23.9. The van der Waals surface area contributed by atoms with Crippen LogP contribution in [0.2, 0.25) is 5.02 Å². The molecule has 0 saturated carbocycles. The third-order valence-corrected chi connectivity index (χ3v) is 5.19. The molecule has 2 N–H and O–H groups in total. The number of nitrogens with one attached hydrogen (secondary N) is 2. The van der Waals surface area contributed by atoms with Crippen molar-refractivity contribution in [3.8, 4) is 16.9 Å². The van der Waals surface area contributed by atoms with E-state index in [1.807, 2.05) is 0 Å². The molecule has 0 bridgehead atoms. The van der Waals surface area contributed by atoms with Crippen molar-refractivity contribution < 1.29 is 22.8 Å². The number of hydrogen-bond acceptors (Lipinski definition) is 3. The van der Waals surface area contributed by atoms with Gasteiger partial charge in [0.2, 0.25) is 11.8 Å². The predicted octanol–water partition coefficient (Wildman–Crippen LogP) is 4.29. The molecule has 1 aliphatic rings. The molecule has 31 heavy (non-hydrogen) atoms. The number of alkyl halides is 3. The number of hydrogen-bond donors (Lipinski definition) is 2. The lowest BCUT2D eigenvalue weighted by molar-refractivity contribution is -0.137. The largest absolute Gasteiger partial charge is 0.416 e. The number of benzene rings is 2. The van der Waals surface area contributed by atoms with Crippen LogP contribution in [-0.2, 0) is 15.8 Å². The lowest BCUT2D eigenvalue weighted by Crippen LogP contribution is -2.24. The molecule has 2 heterocycles. The standard InChI is InChI=1S/C21H16ClF3N4O2/c22-15-6-1-2-7-16(15)29-17(12-4-3-5-14(8-12)21(23,24)25)10-18(28-29)27-20(31)13-9-19(30)26-11-13/h1-8,10,13H,9,11H2,(H,26,30)(H,27,28,31)/t13-/m1/s1. The zero-order valence-corrected chi connectivity index (χ0v) is 16.7. The van der Waals surface area contributed by atoms with Gasteiger partial charge in [0.25, 0.3) is 0 Å². The van der Waals surface area contributed by atoms with Crippen molar-refractivity contribution in [2.45, 2.75) is 12.6 Å². The van der Waals surface area contributed by atoms with Gasteiger partial charge in [-0.2, -0.15) is 13.2 Å². The number of anilines is 1. The van der Waals surface area contributed by atoms with Gasteiger partial charge in [0.1, 0.15) is 0 Å². The molecule has 1 atom stereocenters. The number of nitrogens with zero attached hydrogens (tertiary/aromatic N) is 2. The van der Waals surface area contributed by atoms with Crippen molar-refractivity contribution in [2.24, 2.45) is 5.92 Å². The molecule has 2 amide bonds. The van der Waals surface area contributed by atoms with Gasteiger partial charge in [0, 0.05) is 24.6 Å². The highest BCUT2D eigenvalue weighted by atomic mass is 35.5. The van der Waals surface area contributed by atoms with Crippen molar-refractivity contribution in [3.05, 3.63) is 65.2 Å². The lowest BCUT2D eigenvalue weighted by atomic mass is 10.1. The monoisotopic (exact) mass is 448 g/mol. The van der Waals surface area contributed by atoms with Crippen molar-refractivity contribution in [1.82, 2.24) is 15.1 Å². The minimum absolute atomic E-state index is 0.0670. The summed E-state index contributed by atoms with van der Waals surface area (Å²) in [5.74, 6) is -1.03. The molecule has 160 valence electrons. The molecule has 6 nitrogen and oxygen atoms in total. The molecule has 0 aliphatic carbocycles. The molecular weight excluding hydrogens is 433 g/mol. The normalized spacial score (nSPS) is 16.3. The molecule has 2 aromatic carbocycles. The molecule has 1 aromatic heterocycles. The molecule has 1 saturated heterocycles. The fourth-order valence-electron chi connectivity index (χ4n) is 3.33. The van der Waals surface area contributed by atoms with E-state index >= 15 is 0 Å². The van der Waals surface area contributed by atoms with Crippen LogP contribution in [0.3, 0.4) is 0 Å². The maximum absolute atomic E-state index is 13.2. The Hall–Kier alpha value is -3.33. The van der Waals surface area contributed by atoms with Crippen molar-refractivity contribution in [3.63, 3.8) is 0 Å². The highest BCUT2D eigenvalue weighted by Crippen LogP contribution is 2.34. The topological polar surface area (TPSA) is 76.0 Å². The number of aromatic nitrogens is 2. The summed E-state index contributed by atoms with van der Waals surface area (Å²) in [5, 5.41) is 9.91. The molecule has 1 aliphatic heterocycles. The smallest absolute Gasteiger partial charge is 0.355 e. The van der Waals surface area contributed by atoms with E-state index in [-0.39, 0.29) is 30.3 Å². The average molecular weight is 449 g/mol. The fraction of sp³-hybridized carbons (Fsp3) is 0.190. The quantitative estimate of drug-likeness (QED) is 0.625. The van der Waals surface area contributed by atoms with Gasteiger partial charge in [-0.25, -0.2) is 4.68 Å². The first-order valence-corrected chi connectivity index (χ1v) is 9.70. The second kappa shape index (κ2) is 8.07. The number of rotatable bonds is 4. The van der Waals surface area contributed by atoms with E-state index in [9.17, 15) is 22.8 Å². The van der Waals surface area contributed by atoms with Crippen molar-refractivity contribution in [1.29, 1.82) is 0 Å². The molecule has 10 heteroatoms. The predicted molar refractivity (Wildman–Crippen MR) is 109 cm³/mol. The summed E-state index contributed by atoms with van der Waals surface area (Å²) in [5.41, 5.74) is 0.198. The van der Waals surface area contributed by atoms with E-state index in [4.69, 9.17) is 11.6 Å². The van der Waals surface area contributed by atoms with E-state index in [1.54, 1.807) is 24.3 Å². The Kier molecular flexibility index (Phi) is 5.45. The van der Waals surface area contributed by atoms with Gasteiger partial charge >= 0.3 is 6.18 Å². The maximum Gasteiger partial charge on any atom is 0.416 e. The summed E-state index contributed by atoms with van der Waals surface area (Å²) >= 11 is 6.28. The minimum Gasteiger partial charge on any atom is -0.355 e. The van der Waals surface area contributed by atoms with Crippen LogP contribution in [0.4, 0.5) is 19.0 Å². The number of carbonyl (C=O) groups excluding carboxylic acids is 2. The van der Waals surface area contributed by atoms with Gasteiger partial charge in [0.05, 0.1) is 27.9 Å². The SMILES string of the molecule is O=C1C[C@@H](C(=O)Nc2cc(-c3cccc(C(F)(F)F)c3)n(-c3ccccc3Cl)n2)CN1. The van der Waals surface area contributed by atoms with Crippen LogP contribution < -0.4 is 10.6 Å². The second-order valence-corrected chi connectivity index (χ2v) is 7.46. The molecular formula is C21H16ClF3N4O2.